The number of sulfonamides is 1. The molecular formula is C9H15ClF3NO2S. The molecule has 0 N–H and O–H groups in total. The van der Waals surface area contributed by atoms with Gasteiger partial charge < -0.3 is 0 Å². The molecule has 8 heteroatoms. The van der Waals surface area contributed by atoms with E-state index < -0.39 is 28.8 Å². The van der Waals surface area contributed by atoms with E-state index in [2.05, 4.69) is 0 Å². The third kappa shape index (κ3) is 5.01. The van der Waals surface area contributed by atoms with Crippen molar-refractivity contribution in [2.24, 2.45) is 5.92 Å². The number of nitrogens with zero attached hydrogens (tertiary/aromatic N) is 1. The van der Waals surface area contributed by atoms with Crippen molar-refractivity contribution >= 4 is 21.6 Å². The summed E-state index contributed by atoms with van der Waals surface area (Å²) in [5, 5.41) is 0. The minimum Gasteiger partial charge on any atom is -0.212 e. The van der Waals surface area contributed by atoms with Gasteiger partial charge in [-0.1, -0.05) is 6.92 Å². The van der Waals surface area contributed by atoms with Gasteiger partial charge in [0, 0.05) is 11.9 Å². The van der Waals surface area contributed by atoms with Crippen molar-refractivity contribution in [3.63, 3.8) is 0 Å². The normalized spacial score (nSPS) is 19.6. The summed E-state index contributed by atoms with van der Waals surface area (Å²) in [7, 11) is -3.87. The van der Waals surface area contributed by atoms with Crippen molar-refractivity contribution in [1.82, 2.24) is 4.31 Å². The molecule has 0 radical (unpaired) electrons. The molecule has 1 rings (SSSR count). The van der Waals surface area contributed by atoms with E-state index >= 15 is 0 Å². The van der Waals surface area contributed by atoms with Crippen LogP contribution in [0.25, 0.3) is 0 Å². The fourth-order valence-electron chi connectivity index (χ4n) is 1.49. The van der Waals surface area contributed by atoms with Crippen LogP contribution >= 0.6 is 11.6 Å². The van der Waals surface area contributed by atoms with Gasteiger partial charge in [0.15, 0.2) is 0 Å². The molecule has 0 saturated heterocycles. The third-order valence-electron chi connectivity index (χ3n) is 2.41. The van der Waals surface area contributed by atoms with Crippen molar-refractivity contribution in [3.05, 3.63) is 0 Å². The van der Waals surface area contributed by atoms with Crippen LogP contribution in [0.15, 0.2) is 0 Å². The predicted octanol–water partition coefficient (Wildman–Crippen LogP) is 2.22. The molecule has 17 heavy (non-hydrogen) atoms. The smallest absolute Gasteiger partial charge is 0.212 e. The first-order valence-corrected chi connectivity index (χ1v) is 7.42. The van der Waals surface area contributed by atoms with Crippen LogP contribution in [0.1, 0.15) is 19.8 Å². The van der Waals surface area contributed by atoms with Gasteiger partial charge in [-0.05, 0) is 18.8 Å². The molecule has 1 aliphatic rings. The first kappa shape index (κ1) is 15.0. The van der Waals surface area contributed by atoms with E-state index in [1.165, 1.54) is 0 Å². The number of rotatable bonds is 6. The lowest BCUT2D eigenvalue weighted by molar-refractivity contribution is -0.137. The second-order valence-corrected chi connectivity index (χ2v) is 6.70. The summed E-state index contributed by atoms with van der Waals surface area (Å²) in [5.74, 6) is -0.566. The molecule has 1 atom stereocenters. The van der Waals surface area contributed by atoms with Gasteiger partial charge in [-0.3, -0.25) is 0 Å². The maximum atomic E-state index is 12.3. The van der Waals surface area contributed by atoms with E-state index in [0.29, 0.717) is 17.1 Å². The lowest BCUT2D eigenvalue weighted by atomic mass is 10.3. The summed E-state index contributed by atoms with van der Waals surface area (Å²) in [4.78, 5) is 0. The number of halogens is 4. The van der Waals surface area contributed by atoms with Gasteiger partial charge in [0.1, 0.15) is 6.54 Å². The molecule has 1 fully saturated rings. The zero-order valence-electron chi connectivity index (χ0n) is 9.37. The predicted molar refractivity (Wildman–Crippen MR) is 59.5 cm³/mol. The number of hydrogen-bond acceptors (Lipinski definition) is 2. The molecule has 0 amide bonds. The van der Waals surface area contributed by atoms with Crippen molar-refractivity contribution in [3.8, 4) is 0 Å². The Morgan fingerprint density at radius 3 is 2.29 bits per heavy atom. The van der Waals surface area contributed by atoms with Gasteiger partial charge in [0.2, 0.25) is 10.0 Å². The van der Waals surface area contributed by atoms with E-state index in [9.17, 15) is 21.6 Å². The van der Waals surface area contributed by atoms with Gasteiger partial charge in [-0.2, -0.15) is 17.5 Å². The van der Waals surface area contributed by atoms with Crippen molar-refractivity contribution in [2.75, 3.05) is 18.2 Å². The van der Waals surface area contributed by atoms with Crippen LogP contribution in [0.2, 0.25) is 0 Å². The molecule has 1 saturated carbocycles. The monoisotopic (exact) mass is 293 g/mol. The van der Waals surface area contributed by atoms with E-state index in [-0.39, 0.29) is 17.6 Å². The average molecular weight is 294 g/mol. The summed E-state index contributed by atoms with van der Waals surface area (Å²) in [6.45, 7) is 0.207. The first-order valence-electron chi connectivity index (χ1n) is 5.28. The van der Waals surface area contributed by atoms with Crippen molar-refractivity contribution < 1.29 is 21.6 Å². The maximum Gasteiger partial charge on any atom is 0.402 e. The van der Waals surface area contributed by atoms with Crippen LogP contribution in [0.3, 0.4) is 0 Å². The van der Waals surface area contributed by atoms with Gasteiger partial charge in [-0.25, -0.2) is 8.42 Å². The highest BCUT2D eigenvalue weighted by Gasteiger charge is 2.44. The molecule has 0 aromatic rings. The molecule has 1 aliphatic carbocycles. The largest absolute Gasteiger partial charge is 0.402 e. The highest BCUT2D eigenvalue weighted by atomic mass is 35.5. The van der Waals surface area contributed by atoms with E-state index in [4.69, 9.17) is 11.6 Å². The summed E-state index contributed by atoms with van der Waals surface area (Å²) >= 11 is 5.49. The topological polar surface area (TPSA) is 37.4 Å². The minimum atomic E-state index is -4.50. The van der Waals surface area contributed by atoms with Crippen LogP contribution in [-0.4, -0.2) is 43.1 Å². The Hall–Kier alpha value is -0.0100. The highest BCUT2D eigenvalue weighted by Crippen LogP contribution is 2.33. The van der Waals surface area contributed by atoms with Crippen LogP contribution in [0.5, 0.6) is 0 Å². The van der Waals surface area contributed by atoms with Crippen LogP contribution in [-0.2, 0) is 10.0 Å². The van der Waals surface area contributed by atoms with Crippen LogP contribution in [0.4, 0.5) is 13.2 Å². The van der Waals surface area contributed by atoms with E-state index in [1.807, 2.05) is 0 Å². The fraction of sp³-hybridized carbons (Fsp3) is 1.00. The molecule has 102 valence electrons. The molecule has 3 nitrogen and oxygen atoms in total. The number of alkyl halides is 4. The standard InChI is InChI=1S/C9H15ClF3NO2S/c1-7(4-10)5-17(15,16)14(8-2-3-8)6-9(11,12)13/h7-8H,2-6H2,1H3. The van der Waals surface area contributed by atoms with E-state index in [1.54, 1.807) is 6.92 Å². The lowest BCUT2D eigenvalue weighted by Gasteiger charge is -2.24. The molecule has 0 heterocycles. The van der Waals surface area contributed by atoms with Gasteiger partial charge in [-0.15, -0.1) is 11.6 Å². The number of hydrogen-bond donors (Lipinski definition) is 0. The summed E-state index contributed by atoms with van der Waals surface area (Å²) < 4.78 is 61.2. The van der Waals surface area contributed by atoms with Gasteiger partial charge in [0.05, 0.1) is 5.75 Å². The van der Waals surface area contributed by atoms with Crippen molar-refractivity contribution in [1.29, 1.82) is 0 Å². The first-order chi connectivity index (χ1) is 7.65. The SMILES string of the molecule is CC(CCl)CS(=O)(=O)N(CC(F)(F)F)C1CC1. The molecule has 1 unspecified atom stereocenters. The Labute approximate surface area is 104 Å². The zero-order valence-corrected chi connectivity index (χ0v) is 10.9. The Morgan fingerprint density at radius 2 is 1.94 bits per heavy atom. The lowest BCUT2D eigenvalue weighted by Crippen LogP contribution is -2.42. The van der Waals surface area contributed by atoms with Crippen molar-refractivity contribution in [2.45, 2.75) is 32.0 Å². The van der Waals surface area contributed by atoms with E-state index in [0.717, 1.165) is 0 Å². The summed E-state index contributed by atoms with van der Waals surface area (Å²) in [5.41, 5.74) is 0. The maximum absolute atomic E-state index is 12.3. The molecule has 0 aromatic carbocycles. The van der Waals surface area contributed by atoms with Gasteiger partial charge in [0.25, 0.3) is 0 Å². The quantitative estimate of drug-likeness (QED) is 0.704. The second kappa shape index (κ2) is 5.32. The van der Waals surface area contributed by atoms with Gasteiger partial charge >= 0.3 is 6.18 Å². The Bertz CT molecular complexity index is 354. The molecule has 0 spiro atoms. The Kier molecular flexibility index (Phi) is 4.71. The second-order valence-electron chi connectivity index (χ2n) is 4.43. The molecule has 0 aromatic heterocycles. The molecule has 0 aliphatic heterocycles. The zero-order chi connectivity index (χ0) is 13.3. The summed E-state index contributed by atoms with van der Waals surface area (Å²) in [6, 6.07) is -0.482. The van der Waals surface area contributed by atoms with Crippen LogP contribution in [0, 0.1) is 5.92 Å². The minimum absolute atomic E-state index is 0.115. The highest BCUT2D eigenvalue weighted by molar-refractivity contribution is 7.89. The van der Waals surface area contributed by atoms with Crippen LogP contribution < -0.4 is 0 Å². The summed E-state index contributed by atoms with van der Waals surface area (Å²) in [6.07, 6.45) is -3.49. The fourth-order valence-corrected chi connectivity index (χ4v) is 3.77. The molecule has 0 bridgehead atoms. The Morgan fingerprint density at radius 1 is 1.41 bits per heavy atom. The molecular weight excluding hydrogens is 279 g/mol. The third-order valence-corrected chi connectivity index (χ3v) is 5.06. The average Bonchev–Trinajstić information content (AvgIpc) is 2.95. The Balaban J connectivity index is 2.76.